The fourth-order valence-electron chi connectivity index (χ4n) is 1.63. The van der Waals surface area contributed by atoms with Crippen LogP contribution in [0.25, 0.3) is 0 Å². The second-order valence-electron chi connectivity index (χ2n) is 4.36. The molecule has 110 valence electrons. The number of ether oxygens (including phenoxy) is 1. The first kappa shape index (κ1) is 15.9. The summed E-state index contributed by atoms with van der Waals surface area (Å²) in [6.07, 6.45) is 1.15. The van der Waals surface area contributed by atoms with E-state index in [9.17, 15) is 8.42 Å². The second-order valence-corrected chi connectivity index (χ2v) is 7.67. The van der Waals surface area contributed by atoms with Gasteiger partial charge in [0.15, 0.2) is 9.84 Å². The standard InChI is InChI=1S/C14H12BrNO3S2/c1-21(17,18)11-4-2-3-10(8-11)19-13-6-5-9(14(16)20)7-12(13)15/h2-8H,1H3,(H2,16,20). The van der Waals surface area contributed by atoms with E-state index in [4.69, 9.17) is 22.7 Å². The number of rotatable bonds is 4. The van der Waals surface area contributed by atoms with E-state index in [-0.39, 0.29) is 4.90 Å². The van der Waals surface area contributed by atoms with Crippen molar-refractivity contribution >= 4 is 43.0 Å². The molecule has 4 nitrogen and oxygen atoms in total. The van der Waals surface area contributed by atoms with E-state index < -0.39 is 9.84 Å². The summed E-state index contributed by atoms with van der Waals surface area (Å²) in [6.45, 7) is 0. The molecule has 0 bridgehead atoms. The lowest BCUT2D eigenvalue weighted by Crippen LogP contribution is -2.09. The zero-order valence-corrected chi connectivity index (χ0v) is 14.3. The highest BCUT2D eigenvalue weighted by molar-refractivity contribution is 9.10. The molecule has 0 atom stereocenters. The third-order valence-electron chi connectivity index (χ3n) is 2.68. The van der Waals surface area contributed by atoms with Gasteiger partial charge in [-0.05, 0) is 52.3 Å². The molecule has 2 rings (SSSR count). The first-order valence-electron chi connectivity index (χ1n) is 5.85. The van der Waals surface area contributed by atoms with Gasteiger partial charge in [0.2, 0.25) is 0 Å². The van der Waals surface area contributed by atoms with Crippen LogP contribution in [0.5, 0.6) is 11.5 Å². The normalized spacial score (nSPS) is 11.1. The minimum atomic E-state index is -3.27. The molecule has 0 spiro atoms. The lowest BCUT2D eigenvalue weighted by Gasteiger charge is -2.10. The Morgan fingerprint density at radius 3 is 2.52 bits per heavy atom. The van der Waals surface area contributed by atoms with E-state index in [1.807, 2.05) is 0 Å². The van der Waals surface area contributed by atoms with Crippen LogP contribution in [0.3, 0.4) is 0 Å². The molecule has 0 fully saturated rings. The molecule has 0 heterocycles. The number of hydrogen-bond acceptors (Lipinski definition) is 4. The second kappa shape index (κ2) is 6.13. The largest absolute Gasteiger partial charge is 0.456 e. The zero-order chi connectivity index (χ0) is 15.6. The van der Waals surface area contributed by atoms with Gasteiger partial charge >= 0.3 is 0 Å². The van der Waals surface area contributed by atoms with Gasteiger partial charge in [0.25, 0.3) is 0 Å². The summed E-state index contributed by atoms with van der Waals surface area (Å²) in [5.74, 6) is 0.974. The lowest BCUT2D eigenvalue weighted by atomic mass is 10.2. The summed E-state index contributed by atoms with van der Waals surface area (Å²) < 4.78 is 29.4. The first-order valence-corrected chi connectivity index (χ1v) is 8.94. The maximum absolute atomic E-state index is 11.5. The van der Waals surface area contributed by atoms with Gasteiger partial charge in [0.1, 0.15) is 16.5 Å². The van der Waals surface area contributed by atoms with Crippen LogP contribution in [-0.4, -0.2) is 19.7 Å². The van der Waals surface area contributed by atoms with Crippen LogP contribution in [0.1, 0.15) is 5.56 Å². The van der Waals surface area contributed by atoms with Gasteiger partial charge in [-0.2, -0.15) is 0 Å². The van der Waals surface area contributed by atoms with Crippen molar-refractivity contribution in [2.45, 2.75) is 4.90 Å². The number of hydrogen-bond donors (Lipinski definition) is 1. The summed E-state index contributed by atoms with van der Waals surface area (Å²) in [5, 5.41) is 0. The molecule has 0 unspecified atom stereocenters. The van der Waals surface area contributed by atoms with Crippen molar-refractivity contribution in [1.29, 1.82) is 0 Å². The number of halogens is 1. The maximum atomic E-state index is 11.5. The van der Waals surface area contributed by atoms with Gasteiger partial charge in [0.05, 0.1) is 9.37 Å². The van der Waals surface area contributed by atoms with Crippen LogP contribution < -0.4 is 10.5 Å². The molecule has 2 N–H and O–H groups in total. The lowest BCUT2D eigenvalue weighted by molar-refractivity contribution is 0.477. The van der Waals surface area contributed by atoms with Crippen molar-refractivity contribution in [3.8, 4) is 11.5 Å². The van der Waals surface area contributed by atoms with E-state index >= 15 is 0 Å². The van der Waals surface area contributed by atoms with Crippen LogP contribution in [0, 0.1) is 0 Å². The number of nitrogens with two attached hydrogens (primary N) is 1. The summed E-state index contributed by atoms with van der Waals surface area (Å²) in [4.78, 5) is 0.497. The topological polar surface area (TPSA) is 69.4 Å². The Labute approximate surface area is 137 Å². The van der Waals surface area contributed by atoms with Crippen molar-refractivity contribution in [1.82, 2.24) is 0 Å². The van der Waals surface area contributed by atoms with Gasteiger partial charge in [-0.15, -0.1) is 0 Å². The van der Waals surface area contributed by atoms with Crippen LogP contribution in [0.2, 0.25) is 0 Å². The van der Waals surface area contributed by atoms with E-state index in [0.29, 0.717) is 26.5 Å². The smallest absolute Gasteiger partial charge is 0.175 e. The molecule has 0 aliphatic heterocycles. The SMILES string of the molecule is CS(=O)(=O)c1cccc(Oc2ccc(C(N)=S)cc2Br)c1. The monoisotopic (exact) mass is 385 g/mol. The van der Waals surface area contributed by atoms with Crippen molar-refractivity contribution in [2.24, 2.45) is 5.73 Å². The molecule has 0 saturated heterocycles. The van der Waals surface area contributed by atoms with Crippen LogP contribution in [0.4, 0.5) is 0 Å². The molecule has 0 aromatic heterocycles. The van der Waals surface area contributed by atoms with Crippen molar-refractivity contribution < 1.29 is 13.2 Å². The zero-order valence-electron chi connectivity index (χ0n) is 11.0. The quantitative estimate of drug-likeness (QED) is 0.817. The van der Waals surface area contributed by atoms with Crippen LogP contribution >= 0.6 is 28.1 Å². The number of sulfone groups is 1. The van der Waals surface area contributed by atoms with Gasteiger partial charge in [-0.3, -0.25) is 0 Å². The third kappa shape index (κ3) is 4.03. The Morgan fingerprint density at radius 2 is 1.95 bits per heavy atom. The molecule has 0 amide bonds. The summed E-state index contributed by atoms with van der Waals surface area (Å²) in [6, 6.07) is 11.5. The first-order chi connectivity index (χ1) is 9.77. The highest BCUT2D eigenvalue weighted by Gasteiger charge is 2.10. The fraction of sp³-hybridized carbons (Fsp3) is 0.0714. The van der Waals surface area contributed by atoms with E-state index in [1.165, 1.54) is 12.1 Å². The Balaban J connectivity index is 2.33. The third-order valence-corrected chi connectivity index (χ3v) is 4.64. The summed E-state index contributed by atoms with van der Waals surface area (Å²) in [7, 11) is -3.27. The number of thiocarbonyl (C=S) groups is 1. The van der Waals surface area contributed by atoms with Gasteiger partial charge < -0.3 is 10.5 Å². The number of benzene rings is 2. The predicted octanol–water partition coefficient (Wildman–Crippen LogP) is 3.28. The average Bonchev–Trinajstić information content (AvgIpc) is 2.40. The van der Waals surface area contributed by atoms with Gasteiger partial charge in [-0.1, -0.05) is 18.3 Å². The minimum absolute atomic E-state index is 0.205. The molecule has 21 heavy (non-hydrogen) atoms. The molecule has 0 aliphatic rings. The predicted molar refractivity (Wildman–Crippen MR) is 89.7 cm³/mol. The summed E-state index contributed by atoms with van der Waals surface area (Å²) in [5.41, 5.74) is 6.27. The van der Waals surface area contributed by atoms with Crippen molar-refractivity contribution in [3.05, 3.63) is 52.5 Å². The highest BCUT2D eigenvalue weighted by Crippen LogP contribution is 2.31. The van der Waals surface area contributed by atoms with Crippen LogP contribution in [0.15, 0.2) is 51.8 Å². The maximum Gasteiger partial charge on any atom is 0.175 e. The molecule has 7 heteroatoms. The average molecular weight is 386 g/mol. The Morgan fingerprint density at radius 1 is 1.24 bits per heavy atom. The van der Waals surface area contributed by atoms with E-state index in [1.54, 1.807) is 30.3 Å². The van der Waals surface area contributed by atoms with Gasteiger partial charge in [-0.25, -0.2) is 8.42 Å². The minimum Gasteiger partial charge on any atom is -0.456 e. The molecule has 0 saturated carbocycles. The summed E-state index contributed by atoms with van der Waals surface area (Å²) >= 11 is 8.27. The highest BCUT2D eigenvalue weighted by atomic mass is 79.9. The van der Waals surface area contributed by atoms with E-state index in [2.05, 4.69) is 15.9 Å². The Bertz CT molecular complexity index is 804. The molecule has 0 aliphatic carbocycles. The van der Waals surface area contributed by atoms with Gasteiger partial charge in [0, 0.05) is 11.8 Å². The fourth-order valence-corrected chi connectivity index (χ4v) is 2.87. The van der Waals surface area contributed by atoms with E-state index in [0.717, 1.165) is 6.26 Å². The van der Waals surface area contributed by atoms with Crippen LogP contribution in [-0.2, 0) is 9.84 Å². The molecule has 0 radical (unpaired) electrons. The Hall–Kier alpha value is -1.44. The molecular weight excluding hydrogens is 374 g/mol. The Kier molecular flexibility index (Phi) is 4.65. The van der Waals surface area contributed by atoms with Crippen molar-refractivity contribution in [2.75, 3.05) is 6.26 Å². The molecular formula is C14H12BrNO3S2. The molecule has 2 aromatic rings. The van der Waals surface area contributed by atoms with Crippen molar-refractivity contribution in [3.63, 3.8) is 0 Å². The molecule has 2 aromatic carbocycles.